The van der Waals surface area contributed by atoms with E-state index in [-0.39, 0.29) is 0 Å². The van der Waals surface area contributed by atoms with Crippen LogP contribution < -0.4 is 4.90 Å². The van der Waals surface area contributed by atoms with Crippen molar-refractivity contribution in [2.24, 2.45) is 5.92 Å². The van der Waals surface area contributed by atoms with E-state index in [2.05, 4.69) is 23.9 Å². The van der Waals surface area contributed by atoms with Crippen molar-refractivity contribution in [3.05, 3.63) is 23.9 Å². The molecule has 1 aromatic heterocycles. The Morgan fingerprint density at radius 2 is 2.11 bits per heavy atom. The first-order chi connectivity index (χ1) is 8.59. The molecule has 3 atom stereocenters. The van der Waals surface area contributed by atoms with E-state index < -0.39 is 6.10 Å². The van der Waals surface area contributed by atoms with Crippen molar-refractivity contribution in [2.75, 3.05) is 11.9 Å². The second-order valence-corrected chi connectivity index (χ2v) is 5.56. The van der Waals surface area contributed by atoms with Gasteiger partial charge in [0.1, 0.15) is 5.82 Å². The van der Waals surface area contributed by atoms with Crippen molar-refractivity contribution in [3.8, 4) is 0 Å². The third-order valence-electron chi connectivity index (χ3n) is 4.18. The SMILES string of the molecule is CC1CCCCC1N(C)c1cc([C@@H](C)O)ccn1. The summed E-state index contributed by atoms with van der Waals surface area (Å²) >= 11 is 0. The number of aromatic nitrogens is 1. The van der Waals surface area contributed by atoms with Crippen LogP contribution in [0.5, 0.6) is 0 Å². The van der Waals surface area contributed by atoms with Crippen molar-refractivity contribution in [1.29, 1.82) is 0 Å². The van der Waals surface area contributed by atoms with E-state index in [9.17, 15) is 5.11 Å². The van der Waals surface area contributed by atoms with Gasteiger partial charge in [0.15, 0.2) is 0 Å². The van der Waals surface area contributed by atoms with Gasteiger partial charge >= 0.3 is 0 Å². The molecule has 3 nitrogen and oxygen atoms in total. The van der Waals surface area contributed by atoms with Crippen LogP contribution in [0.25, 0.3) is 0 Å². The van der Waals surface area contributed by atoms with Gasteiger partial charge in [-0.05, 0) is 43.4 Å². The molecule has 1 aliphatic carbocycles. The van der Waals surface area contributed by atoms with E-state index in [0.717, 1.165) is 17.3 Å². The molecule has 2 rings (SSSR count). The molecule has 0 amide bonds. The highest BCUT2D eigenvalue weighted by atomic mass is 16.3. The molecule has 3 heteroatoms. The molecule has 0 aliphatic heterocycles. The van der Waals surface area contributed by atoms with E-state index >= 15 is 0 Å². The van der Waals surface area contributed by atoms with Crippen LogP contribution in [0, 0.1) is 5.92 Å². The lowest BCUT2D eigenvalue weighted by molar-refractivity contribution is 0.199. The number of rotatable bonds is 3. The highest BCUT2D eigenvalue weighted by Crippen LogP contribution is 2.30. The molecule has 1 fully saturated rings. The third-order valence-corrected chi connectivity index (χ3v) is 4.18. The monoisotopic (exact) mass is 248 g/mol. The standard InChI is InChI=1S/C15H24N2O/c1-11-6-4-5-7-14(11)17(3)15-10-13(12(2)18)8-9-16-15/h8-12,14,18H,4-7H2,1-3H3/t11?,12-,14?/m1/s1. The number of hydrogen-bond acceptors (Lipinski definition) is 3. The minimum Gasteiger partial charge on any atom is -0.389 e. The summed E-state index contributed by atoms with van der Waals surface area (Å²) in [7, 11) is 2.13. The molecule has 1 aromatic rings. The van der Waals surface area contributed by atoms with Gasteiger partial charge in [-0.15, -0.1) is 0 Å². The summed E-state index contributed by atoms with van der Waals surface area (Å²) in [5, 5.41) is 9.65. The Bertz CT molecular complexity index is 392. The molecule has 1 aliphatic rings. The zero-order chi connectivity index (χ0) is 13.1. The zero-order valence-corrected chi connectivity index (χ0v) is 11.6. The summed E-state index contributed by atoms with van der Waals surface area (Å²) in [6.07, 6.45) is 6.59. The van der Waals surface area contributed by atoms with E-state index in [1.807, 2.05) is 12.1 Å². The van der Waals surface area contributed by atoms with Crippen molar-refractivity contribution in [3.63, 3.8) is 0 Å². The van der Waals surface area contributed by atoms with Crippen LogP contribution >= 0.6 is 0 Å². The lowest BCUT2D eigenvalue weighted by Crippen LogP contribution is -2.39. The van der Waals surface area contributed by atoms with Crippen LogP contribution in [0.3, 0.4) is 0 Å². The normalized spacial score (nSPS) is 25.8. The molecule has 0 saturated heterocycles. The first-order valence-electron chi connectivity index (χ1n) is 6.96. The minimum atomic E-state index is -0.427. The molecule has 1 saturated carbocycles. The number of pyridine rings is 1. The minimum absolute atomic E-state index is 0.427. The Labute approximate surface area is 110 Å². The molecule has 100 valence electrons. The Kier molecular flexibility index (Phi) is 4.23. The molecule has 2 unspecified atom stereocenters. The lowest BCUT2D eigenvalue weighted by Gasteiger charge is -2.37. The summed E-state index contributed by atoms with van der Waals surface area (Å²) in [5.74, 6) is 1.70. The average molecular weight is 248 g/mol. The van der Waals surface area contributed by atoms with Gasteiger partial charge < -0.3 is 10.0 Å². The predicted molar refractivity (Wildman–Crippen MR) is 74.7 cm³/mol. The van der Waals surface area contributed by atoms with Gasteiger partial charge in [-0.1, -0.05) is 19.8 Å². The summed E-state index contributed by atoms with van der Waals surface area (Å²) in [6.45, 7) is 4.13. The molecule has 18 heavy (non-hydrogen) atoms. The summed E-state index contributed by atoms with van der Waals surface area (Å²) in [4.78, 5) is 6.73. The van der Waals surface area contributed by atoms with Gasteiger partial charge in [-0.25, -0.2) is 4.98 Å². The predicted octanol–water partition coefficient (Wildman–Crippen LogP) is 3.15. The van der Waals surface area contributed by atoms with Crippen LogP contribution in [-0.2, 0) is 0 Å². The molecule has 0 radical (unpaired) electrons. The van der Waals surface area contributed by atoms with Gasteiger partial charge in [0.25, 0.3) is 0 Å². The fraction of sp³-hybridized carbons (Fsp3) is 0.667. The Morgan fingerprint density at radius 3 is 2.78 bits per heavy atom. The Hall–Kier alpha value is -1.09. The smallest absolute Gasteiger partial charge is 0.128 e. The van der Waals surface area contributed by atoms with Crippen molar-refractivity contribution < 1.29 is 5.11 Å². The van der Waals surface area contributed by atoms with E-state index in [0.29, 0.717) is 6.04 Å². The van der Waals surface area contributed by atoms with Crippen LogP contribution in [0.4, 0.5) is 5.82 Å². The van der Waals surface area contributed by atoms with Crippen molar-refractivity contribution in [2.45, 2.75) is 51.7 Å². The van der Waals surface area contributed by atoms with Gasteiger partial charge in [0.2, 0.25) is 0 Å². The van der Waals surface area contributed by atoms with Gasteiger partial charge in [0.05, 0.1) is 6.10 Å². The maximum Gasteiger partial charge on any atom is 0.128 e. The molecule has 0 aromatic carbocycles. The van der Waals surface area contributed by atoms with E-state index in [1.165, 1.54) is 25.7 Å². The quantitative estimate of drug-likeness (QED) is 0.892. The number of anilines is 1. The number of aliphatic hydroxyl groups excluding tert-OH is 1. The fourth-order valence-corrected chi connectivity index (χ4v) is 2.93. The lowest BCUT2D eigenvalue weighted by atomic mass is 9.85. The summed E-state index contributed by atoms with van der Waals surface area (Å²) in [6, 6.07) is 4.47. The highest BCUT2D eigenvalue weighted by molar-refractivity contribution is 5.42. The zero-order valence-electron chi connectivity index (χ0n) is 11.6. The Morgan fingerprint density at radius 1 is 1.39 bits per heavy atom. The van der Waals surface area contributed by atoms with Gasteiger partial charge in [-0.3, -0.25) is 0 Å². The topological polar surface area (TPSA) is 36.4 Å². The average Bonchev–Trinajstić information content (AvgIpc) is 2.38. The van der Waals surface area contributed by atoms with Gasteiger partial charge in [-0.2, -0.15) is 0 Å². The van der Waals surface area contributed by atoms with Crippen LogP contribution in [0.15, 0.2) is 18.3 Å². The summed E-state index contributed by atoms with van der Waals surface area (Å²) < 4.78 is 0. The first-order valence-corrected chi connectivity index (χ1v) is 6.96. The first kappa shape index (κ1) is 13.3. The van der Waals surface area contributed by atoms with Crippen molar-refractivity contribution in [1.82, 2.24) is 4.98 Å². The molecule has 0 bridgehead atoms. The number of hydrogen-bond donors (Lipinski definition) is 1. The maximum absolute atomic E-state index is 9.65. The summed E-state index contributed by atoms with van der Waals surface area (Å²) in [5.41, 5.74) is 0.940. The van der Waals surface area contributed by atoms with Crippen molar-refractivity contribution >= 4 is 5.82 Å². The van der Waals surface area contributed by atoms with Gasteiger partial charge in [0, 0.05) is 19.3 Å². The molecule has 1 heterocycles. The number of aliphatic hydroxyl groups is 1. The molecule has 0 spiro atoms. The second kappa shape index (κ2) is 5.70. The Balaban J connectivity index is 2.16. The van der Waals surface area contributed by atoms with Crippen LogP contribution in [0.1, 0.15) is 51.2 Å². The molecular weight excluding hydrogens is 224 g/mol. The van der Waals surface area contributed by atoms with E-state index in [1.54, 1.807) is 13.1 Å². The largest absolute Gasteiger partial charge is 0.389 e. The number of nitrogens with zero attached hydrogens (tertiary/aromatic N) is 2. The second-order valence-electron chi connectivity index (χ2n) is 5.56. The third kappa shape index (κ3) is 2.83. The molecule has 1 N–H and O–H groups in total. The van der Waals surface area contributed by atoms with Crippen LogP contribution in [-0.4, -0.2) is 23.2 Å². The maximum atomic E-state index is 9.65. The van der Waals surface area contributed by atoms with Crippen LogP contribution in [0.2, 0.25) is 0 Å². The molecular formula is C15H24N2O. The highest BCUT2D eigenvalue weighted by Gasteiger charge is 2.25. The van der Waals surface area contributed by atoms with E-state index in [4.69, 9.17) is 0 Å². The fourth-order valence-electron chi connectivity index (χ4n) is 2.93.